The molecule has 7 heteroatoms. The average molecular weight is 280 g/mol. The van der Waals surface area contributed by atoms with Gasteiger partial charge in [-0.25, -0.2) is 15.8 Å². The Balaban J connectivity index is 2.56. The largest absolute Gasteiger partial charge is 0.369 e. The zero-order chi connectivity index (χ0) is 15.2. The Morgan fingerprint density at radius 3 is 2.50 bits per heavy atom. The van der Waals surface area contributed by atoms with Gasteiger partial charge in [0.1, 0.15) is 18.0 Å². The van der Waals surface area contributed by atoms with Gasteiger partial charge in [-0.3, -0.25) is 4.79 Å². The Bertz CT molecular complexity index is 455. The third-order valence-electron chi connectivity index (χ3n) is 2.59. The maximum absolute atomic E-state index is 11.7. The number of hydrogen-bond acceptors (Lipinski definition) is 6. The molecule has 1 amide bonds. The highest BCUT2D eigenvalue weighted by atomic mass is 16.1. The Morgan fingerprint density at radius 2 is 1.95 bits per heavy atom. The Hall–Kier alpha value is -1.89. The number of rotatable bonds is 6. The minimum Gasteiger partial charge on any atom is -0.369 e. The molecule has 0 aromatic carbocycles. The molecule has 0 aliphatic heterocycles. The van der Waals surface area contributed by atoms with Crippen molar-refractivity contribution in [3.05, 3.63) is 11.9 Å². The zero-order valence-corrected chi connectivity index (χ0v) is 12.6. The second-order valence-corrected chi connectivity index (χ2v) is 5.52. The smallest absolute Gasteiger partial charge is 0.222 e. The first kappa shape index (κ1) is 16.2. The Labute approximate surface area is 119 Å². The lowest BCUT2D eigenvalue weighted by Crippen LogP contribution is -2.41. The molecule has 0 unspecified atom stereocenters. The van der Waals surface area contributed by atoms with E-state index in [0.29, 0.717) is 24.6 Å². The highest BCUT2D eigenvalue weighted by molar-refractivity contribution is 5.77. The molecule has 0 atom stereocenters. The second kappa shape index (κ2) is 7.04. The van der Waals surface area contributed by atoms with E-state index < -0.39 is 0 Å². The van der Waals surface area contributed by atoms with Gasteiger partial charge in [-0.1, -0.05) is 6.92 Å². The summed E-state index contributed by atoms with van der Waals surface area (Å²) in [5, 5.41) is 6.06. The molecular formula is C13H24N6O. The fourth-order valence-corrected chi connectivity index (χ4v) is 1.80. The van der Waals surface area contributed by atoms with E-state index in [4.69, 9.17) is 5.84 Å². The molecule has 112 valence electrons. The van der Waals surface area contributed by atoms with E-state index >= 15 is 0 Å². The maximum Gasteiger partial charge on any atom is 0.222 e. The molecule has 5 N–H and O–H groups in total. The first-order valence-electron chi connectivity index (χ1n) is 6.72. The monoisotopic (exact) mass is 280 g/mol. The van der Waals surface area contributed by atoms with Crippen molar-refractivity contribution in [2.75, 3.05) is 17.3 Å². The number of carbonyl (C=O) groups excluding carboxylic acids is 1. The van der Waals surface area contributed by atoms with Crippen LogP contribution in [0.4, 0.5) is 11.6 Å². The lowest BCUT2D eigenvalue weighted by atomic mass is 10.1. The number of anilines is 2. The van der Waals surface area contributed by atoms with E-state index in [-0.39, 0.29) is 11.4 Å². The Kier molecular flexibility index (Phi) is 5.69. The van der Waals surface area contributed by atoms with Gasteiger partial charge in [0.2, 0.25) is 5.91 Å². The summed E-state index contributed by atoms with van der Waals surface area (Å²) in [5.74, 6) is 6.73. The summed E-state index contributed by atoms with van der Waals surface area (Å²) in [4.78, 5) is 19.9. The van der Waals surface area contributed by atoms with E-state index in [0.717, 1.165) is 12.0 Å². The van der Waals surface area contributed by atoms with E-state index in [1.165, 1.54) is 6.33 Å². The third-order valence-corrected chi connectivity index (χ3v) is 2.59. The summed E-state index contributed by atoms with van der Waals surface area (Å²) < 4.78 is 0. The molecule has 0 radical (unpaired) electrons. The first-order chi connectivity index (χ1) is 9.37. The maximum atomic E-state index is 11.7. The van der Waals surface area contributed by atoms with Crippen molar-refractivity contribution in [3.8, 4) is 0 Å². The van der Waals surface area contributed by atoms with Crippen LogP contribution in [0, 0.1) is 0 Å². The fourth-order valence-electron chi connectivity index (χ4n) is 1.80. The molecule has 0 saturated carbocycles. The van der Waals surface area contributed by atoms with Gasteiger partial charge in [0.25, 0.3) is 0 Å². The molecule has 0 saturated heterocycles. The molecular weight excluding hydrogens is 256 g/mol. The molecule has 0 spiro atoms. The van der Waals surface area contributed by atoms with Gasteiger partial charge < -0.3 is 16.1 Å². The van der Waals surface area contributed by atoms with Crippen molar-refractivity contribution in [1.82, 2.24) is 15.3 Å². The van der Waals surface area contributed by atoms with Crippen LogP contribution in [0.5, 0.6) is 0 Å². The third kappa shape index (κ3) is 5.00. The van der Waals surface area contributed by atoms with E-state index in [9.17, 15) is 4.79 Å². The second-order valence-electron chi connectivity index (χ2n) is 5.52. The van der Waals surface area contributed by atoms with E-state index in [1.54, 1.807) is 0 Å². The number of hydrazine groups is 1. The minimum absolute atomic E-state index is 0.00859. The number of hydrogen-bond donors (Lipinski definition) is 4. The average Bonchev–Trinajstić information content (AvgIpc) is 2.36. The van der Waals surface area contributed by atoms with Crippen LogP contribution >= 0.6 is 0 Å². The van der Waals surface area contributed by atoms with Gasteiger partial charge in [-0.15, -0.1) is 0 Å². The quantitative estimate of drug-likeness (QED) is 0.458. The van der Waals surface area contributed by atoms with Crippen molar-refractivity contribution in [3.63, 3.8) is 0 Å². The lowest BCUT2D eigenvalue weighted by molar-refractivity contribution is -0.122. The summed E-state index contributed by atoms with van der Waals surface area (Å²) in [5.41, 5.74) is 3.24. The number of nitrogens with two attached hydrogens (primary N) is 1. The van der Waals surface area contributed by atoms with Crippen LogP contribution in [0.2, 0.25) is 0 Å². The highest BCUT2D eigenvalue weighted by Crippen LogP contribution is 2.19. The number of nitrogens with zero attached hydrogens (tertiary/aromatic N) is 2. The van der Waals surface area contributed by atoms with Gasteiger partial charge in [-0.05, 0) is 27.2 Å². The van der Waals surface area contributed by atoms with Crippen molar-refractivity contribution in [2.45, 2.75) is 46.1 Å². The van der Waals surface area contributed by atoms with Crippen LogP contribution in [0.25, 0.3) is 0 Å². The van der Waals surface area contributed by atoms with Crippen LogP contribution in [0.15, 0.2) is 6.33 Å². The summed E-state index contributed by atoms with van der Waals surface area (Å²) in [6.45, 7) is 8.37. The molecule has 0 fully saturated rings. The molecule has 0 aliphatic rings. The Morgan fingerprint density at radius 1 is 1.30 bits per heavy atom. The van der Waals surface area contributed by atoms with E-state index in [2.05, 4.69) is 26.0 Å². The molecule has 7 nitrogen and oxygen atoms in total. The van der Waals surface area contributed by atoms with Crippen LogP contribution in [-0.4, -0.2) is 28.0 Å². The molecule has 0 aliphatic carbocycles. The minimum atomic E-state index is -0.211. The first-order valence-corrected chi connectivity index (χ1v) is 6.72. The van der Waals surface area contributed by atoms with Gasteiger partial charge in [0.05, 0.1) is 0 Å². The van der Waals surface area contributed by atoms with Crippen LogP contribution in [0.1, 0.15) is 39.7 Å². The van der Waals surface area contributed by atoms with Crippen molar-refractivity contribution in [2.24, 2.45) is 5.84 Å². The van der Waals surface area contributed by atoms with Crippen LogP contribution in [0.3, 0.4) is 0 Å². The molecule has 1 aromatic rings. The number of carbonyl (C=O) groups is 1. The summed E-state index contributed by atoms with van der Waals surface area (Å²) >= 11 is 0. The van der Waals surface area contributed by atoms with Crippen LogP contribution < -0.4 is 21.9 Å². The highest BCUT2D eigenvalue weighted by Gasteiger charge is 2.14. The van der Waals surface area contributed by atoms with Crippen molar-refractivity contribution in [1.29, 1.82) is 0 Å². The zero-order valence-electron chi connectivity index (χ0n) is 12.6. The summed E-state index contributed by atoms with van der Waals surface area (Å²) in [6, 6.07) is 0. The molecule has 1 rings (SSSR count). The standard InChI is InChI=1S/C13H24N6O/c1-5-9-11(16-8-17-12(9)19-14)15-7-6-10(20)18-13(2,3)4/h8H,5-7,14H2,1-4H3,(H,18,20)(H2,15,16,17,19). The van der Waals surface area contributed by atoms with Crippen LogP contribution in [-0.2, 0) is 11.2 Å². The predicted octanol–water partition coefficient (Wildman–Crippen LogP) is 1.04. The van der Waals surface area contributed by atoms with Gasteiger partial charge in [-0.2, -0.15) is 0 Å². The fraction of sp³-hybridized carbons (Fsp3) is 0.615. The molecule has 1 heterocycles. The summed E-state index contributed by atoms with van der Waals surface area (Å²) in [7, 11) is 0. The summed E-state index contributed by atoms with van der Waals surface area (Å²) in [6.07, 6.45) is 2.57. The number of nitrogen functional groups attached to an aromatic ring is 1. The number of aromatic nitrogens is 2. The number of nitrogens with one attached hydrogen (secondary N) is 3. The van der Waals surface area contributed by atoms with Gasteiger partial charge >= 0.3 is 0 Å². The van der Waals surface area contributed by atoms with Gasteiger partial charge in [0.15, 0.2) is 0 Å². The molecule has 0 bridgehead atoms. The van der Waals surface area contributed by atoms with Gasteiger partial charge in [0, 0.05) is 24.1 Å². The SMILES string of the molecule is CCc1c(NN)ncnc1NCCC(=O)NC(C)(C)C. The predicted molar refractivity (Wildman–Crippen MR) is 80.2 cm³/mol. The van der Waals surface area contributed by atoms with Crippen molar-refractivity contribution >= 4 is 17.5 Å². The van der Waals surface area contributed by atoms with E-state index in [1.807, 2.05) is 27.7 Å². The molecule has 1 aromatic heterocycles. The lowest BCUT2D eigenvalue weighted by Gasteiger charge is -2.20. The molecule has 20 heavy (non-hydrogen) atoms. The number of amides is 1. The normalized spacial score (nSPS) is 11.1. The topological polar surface area (TPSA) is 105 Å². The van der Waals surface area contributed by atoms with Crippen molar-refractivity contribution < 1.29 is 4.79 Å².